The van der Waals surface area contributed by atoms with Crippen LogP contribution < -0.4 is 5.32 Å². The third kappa shape index (κ3) is 2.58. The van der Waals surface area contributed by atoms with E-state index in [9.17, 15) is 4.39 Å². The van der Waals surface area contributed by atoms with Crippen LogP contribution in [0.3, 0.4) is 0 Å². The Balaban J connectivity index is 2.14. The van der Waals surface area contributed by atoms with Gasteiger partial charge in [0.25, 0.3) is 0 Å². The summed E-state index contributed by atoms with van der Waals surface area (Å²) in [7, 11) is 0. The van der Waals surface area contributed by atoms with E-state index < -0.39 is 0 Å². The van der Waals surface area contributed by atoms with E-state index in [1.165, 1.54) is 6.07 Å². The molecular weight excluding hydrogens is 221 g/mol. The molecule has 3 heteroatoms. The van der Waals surface area contributed by atoms with Crippen LogP contribution in [0.4, 0.5) is 4.39 Å². The molecule has 0 spiro atoms. The first-order valence-electron chi connectivity index (χ1n) is 5.57. The van der Waals surface area contributed by atoms with Gasteiger partial charge in [0.2, 0.25) is 0 Å². The monoisotopic (exact) mass is 239 g/mol. The van der Waals surface area contributed by atoms with Crippen LogP contribution in [0.5, 0.6) is 0 Å². The minimum atomic E-state index is -0.101. The van der Waals surface area contributed by atoms with Crippen LogP contribution in [-0.2, 0) is 6.42 Å². The average molecular weight is 239 g/mol. The summed E-state index contributed by atoms with van der Waals surface area (Å²) in [6.07, 6.45) is 0.730. The Morgan fingerprint density at radius 2 is 2.00 bits per heavy atom. The second-order valence-electron chi connectivity index (χ2n) is 5.30. The maximum absolute atomic E-state index is 13.6. The molecule has 1 fully saturated rings. The molecule has 1 aromatic carbocycles. The maximum Gasteiger partial charge on any atom is 0.126 e. The summed E-state index contributed by atoms with van der Waals surface area (Å²) in [5, 5.41) is 3.58. The third-order valence-electron chi connectivity index (χ3n) is 2.84. The highest BCUT2D eigenvalue weighted by atomic mass is 32.2. The molecule has 0 radical (unpaired) electrons. The lowest BCUT2D eigenvalue weighted by molar-refractivity contribution is 0.377. The molecule has 1 unspecified atom stereocenters. The number of thioether (sulfide) groups is 1. The fourth-order valence-corrected chi connectivity index (χ4v) is 3.59. The molecule has 16 heavy (non-hydrogen) atoms. The van der Waals surface area contributed by atoms with E-state index in [-0.39, 0.29) is 16.2 Å². The predicted octanol–water partition coefficient (Wildman–Crippen LogP) is 3.20. The van der Waals surface area contributed by atoms with Crippen LogP contribution in [-0.4, -0.2) is 16.2 Å². The van der Waals surface area contributed by atoms with Crippen LogP contribution in [0.25, 0.3) is 0 Å². The van der Waals surface area contributed by atoms with Crippen molar-refractivity contribution in [2.45, 2.75) is 37.6 Å². The Morgan fingerprint density at radius 3 is 2.56 bits per heavy atom. The summed E-state index contributed by atoms with van der Waals surface area (Å²) >= 11 is 1.88. The Hall–Kier alpha value is -0.540. The van der Waals surface area contributed by atoms with Gasteiger partial charge in [0.15, 0.2) is 0 Å². The zero-order valence-electron chi connectivity index (χ0n) is 10.0. The summed E-state index contributed by atoms with van der Waals surface area (Å²) in [5.74, 6) is 0.966. The van der Waals surface area contributed by atoms with Crippen LogP contribution in [0.1, 0.15) is 26.3 Å². The van der Waals surface area contributed by atoms with Gasteiger partial charge >= 0.3 is 0 Å². The Bertz CT molecular complexity index is 391. The lowest BCUT2D eigenvalue weighted by atomic mass is 10.0. The van der Waals surface area contributed by atoms with E-state index in [0.29, 0.717) is 0 Å². The van der Waals surface area contributed by atoms with E-state index >= 15 is 0 Å². The van der Waals surface area contributed by atoms with E-state index in [0.717, 1.165) is 17.7 Å². The summed E-state index contributed by atoms with van der Waals surface area (Å²) in [6.45, 7) is 6.53. The van der Waals surface area contributed by atoms with Gasteiger partial charge in [-0.05, 0) is 32.4 Å². The van der Waals surface area contributed by atoms with Crippen LogP contribution in [0.15, 0.2) is 24.3 Å². The molecule has 1 N–H and O–H groups in total. The van der Waals surface area contributed by atoms with Crippen molar-refractivity contribution in [1.29, 1.82) is 0 Å². The van der Waals surface area contributed by atoms with Gasteiger partial charge in [0.1, 0.15) is 5.82 Å². The first-order valence-corrected chi connectivity index (χ1v) is 6.56. The lowest BCUT2D eigenvalue weighted by Crippen LogP contribution is -2.46. The van der Waals surface area contributed by atoms with Crippen molar-refractivity contribution in [3.63, 3.8) is 0 Å². The molecule has 0 saturated carbocycles. The zero-order valence-corrected chi connectivity index (χ0v) is 10.8. The van der Waals surface area contributed by atoms with E-state index in [1.54, 1.807) is 6.07 Å². The van der Waals surface area contributed by atoms with Gasteiger partial charge in [-0.1, -0.05) is 18.2 Å². The molecule has 1 saturated heterocycles. The normalized spacial score (nSPS) is 28.2. The molecule has 0 aliphatic carbocycles. The SMILES string of the molecule is CC1(C)CSC(C)(Cc2ccccc2F)N1. The Labute approximate surface area is 101 Å². The molecule has 1 aliphatic heterocycles. The van der Waals surface area contributed by atoms with Gasteiger partial charge in [-0.25, -0.2) is 4.39 Å². The molecular formula is C13H18FNS. The molecule has 1 atom stereocenters. The standard InChI is InChI=1S/C13H18FNS/c1-12(2)9-16-13(3,15-12)8-10-6-4-5-7-11(10)14/h4-7,15H,8-9H2,1-3H3. The van der Waals surface area contributed by atoms with Crippen LogP contribution in [0.2, 0.25) is 0 Å². The number of benzene rings is 1. The number of halogens is 1. The van der Waals surface area contributed by atoms with Gasteiger partial charge in [-0.2, -0.15) is 0 Å². The van der Waals surface area contributed by atoms with Crippen molar-refractivity contribution in [2.24, 2.45) is 0 Å². The molecule has 1 aromatic rings. The highest BCUT2D eigenvalue weighted by Crippen LogP contribution is 2.37. The first-order chi connectivity index (χ1) is 7.40. The first kappa shape index (κ1) is 11.9. The van der Waals surface area contributed by atoms with Gasteiger partial charge in [-0.15, -0.1) is 11.8 Å². The molecule has 1 nitrogen and oxygen atoms in total. The molecule has 88 valence electrons. The largest absolute Gasteiger partial charge is 0.297 e. The molecule has 0 amide bonds. The van der Waals surface area contributed by atoms with Crippen molar-refractivity contribution in [3.8, 4) is 0 Å². The fourth-order valence-electron chi connectivity index (χ4n) is 2.23. The van der Waals surface area contributed by atoms with Crippen molar-refractivity contribution in [1.82, 2.24) is 5.32 Å². The minimum Gasteiger partial charge on any atom is -0.297 e. The van der Waals surface area contributed by atoms with E-state index in [2.05, 4.69) is 26.1 Å². The molecule has 0 bridgehead atoms. The van der Waals surface area contributed by atoms with Gasteiger partial charge < -0.3 is 0 Å². The van der Waals surface area contributed by atoms with Gasteiger partial charge in [0, 0.05) is 17.7 Å². The number of rotatable bonds is 2. The second-order valence-corrected chi connectivity index (χ2v) is 6.77. The van der Waals surface area contributed by atoms with Gasteiger partial charge in [0.05, 0.1) is 4.87 Å². The Kier molecular flexibility index (Phi) is 3.01. The number of nitrogens with one attached hydrogen (secondary N) is 1. The number of hydrogen-bond acceptors (Lipinski definition) is 2. The average Bonchev–Trinajstić information content (AvgIpc) is 2.45. The third-order valence-corrected chi connectivity index (χ3v) is 4.59. The quantitative estimate of drug-likeness (QED) is 0.850. The lowest BCUT2D eigenvalue weighted by Gasteiger charge is -2.28. The van der Waals surface area contributed by atoms with Crippen molar-refractivity contribution < 1.29 is 4.39 Å². The topological polar surface area (TPSA) is 12.0 Å². The zero-order chi connectivity index (χ0) is 11.8. The summed E-state index contributed by atoms with van der Waals surface area (Å²) in [4.78, 5) is -0.0499. The highest BCUT2D eigenvalue weighted by molar-refractivity contribution is 8.00. The summed E-state index contributed by atoms with van der Waals surface area (Å²) in [6, 6.07) is 7.03. The Morgan fingerprint density at radius 1 is 1.31 bits per heavy atom. The number of hydrogen-bond donors (Lipinski definition) is 1. The van der Waals surface area contributed by atoms with Crippen molar-refractivity contribution >= 4 is 11.8 Å². The molecule has 1 aliphatic rings. The van der Waals surface area contributed by atoms with Crippen molar-refractivity contribution in [2.75, 3.05) is 5.75 Å². The van der Waals surface area contributed by atoms with Crippen molar-refractivity contribution in [3.05, 3.63) is 35.6 Å². The highest BCUT2D eigenvalue weighted by Gasteiger charge is 2.39. The summed E-state index contributed by atoms with van der Waals surface area (Å²) in [5.41, 5.74) is 0.938. The molecule has 1 heterocycles. The van der Waals surface area contributed by atoms with Crippen LogP contribution in [0, 0.1) is 5.82 Å². The molecule has 2 rings (SSSR count). The van der Waals surface area contributed by atoms with Crippen LogP contribution >= 0.6 is 11.8 Å². The minimum absolute atomic E-state index is 0.0499. The smallest absolute Gasteiger partial charge is 0.126 e. The van der Waals surface area contributed by atoms with Gasteiger partial charge in [-0.3, -0.25) is 5.32 Å². The second kappa shape index (κ2) is 4.04. The fraction of sp³-hybridized carbons (Fsp3) is 0.538. The van der Waals surface area contributed by atoms with E-state index in [1.807, 2.05) is 23.9 Å². The summed E-state index contributed by atoms with van der Waals surface area (Å²) < 4.78 is 13.6. The molecule has 0 aromatic heterocycles. The predicted molar refractivity (Wildman–Crippen MR) is 68.2 cm³/mol. The van der Waals surface area contributed by atoms with E-state index in [4.69, 9.17) is 0 Å². The maximum atomic E-state index is 13.6.